The highest BCUT2D eigenvalue weighted by Crippen LogP contribution is 2.17. The average Bonchev–Trinajstić information content (AvgIpc) is 3.62. The van der Waals surface area contributed by atoms with Crippen LogP contribution in [0.15, 0.2) is 37.4 Å². The van der Waals surface area contributed by atoms with Crippen molar-refractivity contribution in [1.82, 2.24) is 24.3 Å². The normalized spacial score (nSPS) is 17.5. The van der Waals surface area contributed by atoms with Gasteiger partial charge < -0.3 is 0 Å². The Hall–Kier alpha value is -2.03. The molecule has 1 aliphatic heterocycles. The Balaban J connectivity index is 0.000000230. The van der Waals surface area contributed by atoms with Crippen molar-refractivity contribution >= 4 is 5.71 Å². The van der Waals surface area contributed by atoms with Crippen LogP contribution in [0.3, 0.4) is 0 Å². The van der Waals surface area contributed by atoms with Gasteiger partial charge in [0.1, 0.15) is 31.5 Å². The lowest BCUT2D eigenvalue weighted by Gasteiger charge is -2.29. The molecule has 2 aromatic heterocycles. The van der Waals surface area contributed by atoms with Gasteiger partial charge in [-0.2, -0.15) is 0 Å². The Morgan fingerprint density at radius 2 is 1.44 bits per heavy atom. The number of imidazole rings is 2. The Labute approximate surface area is 238 Å². The molecular formula is C31H59N8+3. The summed E-state index contributed by atoms with van der Waals surface area (Å²) in [5.41, 5.74) is 1.68. The van der Waals surface area contributed by atoms with Crippen molar-refractivity contribution in [3.05, 3.63) is 37.4 Å². The van der Waals surface area contributed by atoms with Crippen LogP contribution in [-0.4, -0.2) is 81.2 Å². The average molecular weight is 544 g/mol. The Kier molecular flexibility index (Phi) is 14.2. The number of hydrogen-bond donors (Lipinski definition) is 1. The molecule has 1 unspecified atom stereocenters. The van der Waals surface area contributed by atoms with E-state index in [1.165, 1.54) is 64.6 Å². The lowest BCUT2D eigenvalue weighted by molar-refractivity contribution is -0.715. The molecule has 2 aliphatic rings. The number of nitrogens with one attached hydrogen (secondary N) is 1. The number of rotatable bonds is 15. The third kappa shape index (κ3) is 10.5. The van der Waals surface area contributed by atoms with Crippen molar-refractivity contribution in [3.8, 4) is 0 Å². The van der Waals surface area contributed by atoms with Crippen LogP contribution >= 0.6 is 0 Å². The topological polar surface area (TPSA) is 39.1 Å². The fourth-order valence-electron chi connectivity index (χ4n) is 5.80. The van der Waals surface area contributed by atoms with Gasteiger partial charge in [-0.1, -0.05) is 41.0 Å². The SMILES string of the molecule is CCC[n+]1ccn(CCCCn2cc[n+](CN(CC)CC)c2)c1.CCN(CC)C[N+]1=C2CCCCC2NCC1. The summed E-state index contributed by atoms with van der Waals surface area (Å²) in [6.07, 6.45) is 22.3. The fourth-order valence-corrected chi connectivity index (χ4v) is 5.80. The lowest BCUT2D eigenvalue weighted by atomic mass is 9.91. The number of aromatic nitrogens is 4. The zero-order chi connectivity index (χ0) is 27.9. The van der Waals surface area contributed by atoms with E-state index >= 15 is 0 Å². The van der Waals surface area contributed by atoms with Crippen LogP contribution in [0, 0.1) is 0 Å². The lowest BCUT2D eigenvalue weighted by Crippen LogP contribution is -2.53. The maximum absolute atomic E-state index is 3.66. The Morgan fingerprint density at radius 3 is 2.08 bits per heavy atom. The molecule has 8 nitrogen and oxygen atoms in total. The Bertz CT molecular complexity index is 953. The van der Waals surface area contributed by atoms with Crippen LogP contribution in [0.1, 0.15) is 79.6 Å². The minimum atomic E-state index is 0.693. The van der Waals surface area contributed by atoms with E-state index in [1.807, 2.05) is 0 Å². The predicted octanol–water partition coefficient (Wildman–Crippen LogP) is 3.34. The van der Waals surface area contributed by atoms with Crippen molar-refractivity contribution in [2.75, 3.05) is 45.9 Å². The van der Waals surface area contributed by atoms with E-state index in [0.29, 0.717) is 6.04 Å². The van der Waals surface area contributed by atoms with Gasteiger partial charge >= 0.3 is 0 Å². The molecule has 0 amide bonds. The molecule has 1 saturated carbocycles. The summed E-state index contributed by atoms with van der Waals surface area (Å²) in [4.78, 5) is 4.94. The van der Waals surface area contributed by atoms with Crippen molar-refractivity contribution in [2.45, 2.75) is 112 Å². The second-order valence-corrected chi connectivity index (χ2v) is 11.2. The molecule has 39 heavy (non-hydrogen) atoms. The highest BCUT2D eigenvalue weighted by molar-refractivity contribution is 5.86. The van der Waals surface area contributed by atoms with Crippen molar-refractivity contribution < 1.29 is 13.7 Å². The molecule has 4 rings (SSSR count). The largest absolute Gasteiger partial charge is 0.299 e. The van der Waals surface area contributed by atoms with E-state index in [-0.39, 0.29) is 0 Å². The predicted molar refractivity (Wildman–Crippen MR) is 160 cm³/mol. The number of aryl methyl sites for hydroxylation is 3. The maximum Gasteiger partial charge on any atom is 0.244 e. The monoisotopic (exact) mass is 543 g/mol. The first-order chi connectivity index (χ1) is 19.1. The third-order valence-corrected chi connectivity index (χ3v) is 8.34. The van der Waals surface area contributed by atoms with E-state index in [1.54, 1.807) is 5.71 Å². The van der Waals surface area contributed by atoms with E-state index < -0.39 is 0 Å². The highest BCUT2D eigenvalue weighted by atomic mass is 15.3. The maximum atomic E-state index is 3.66. The second-order valence-electron chi connectivity index (χ2n) is 11.2. The highest BCUT2D eigenvalue weighted by Gasteiger charge is 2.31. The number of hydrogen-bond acceptors (Lipinski definition) is 3. The summed E-state index contributed by atoms with van der Waals surface area (Å²) < 4.78 is 11.8. The number of nitrogens with zero attached hydrogens (tertiary/aromatic N) is 7. The second kappa shape index (κ2) is 17.6. The molecule has 0 bridgehead atoms. The van der Waals surface area contributed by atoms with E-state index in [0.717, 1.165) is 52.6 Å². The summed E-state index contributed by atoms with van der Waals surface area (Å²) >= 11 is 0. The standard InChI is InChI=1S/C18H33N5.C13H26N3/c1-4-9-20-12-13-21(17-20)10-7-8-11-22-14-15-23(18-22)16-19(5-2)6-3;1-3-15(4-2)11-16-10-9-14-12-7-5-6-8-13(12)16/h12-15,17-18H,4-11,16H2,1-3H3;12,14H,3-11H2,1-2H3/q+2;+1. The Morgan fingerprint density at radius 1 is 0.821 bits per heavy atom. The molecule has 0 saturated heterocycles. The van der Waals surface area contributed by atoms with Crippen molar-refractivity contribution in [1.29, 1.82) is 0 Å². The minimum Gasteiger partial charge on any atom is -0.299 e. The quantitative estimate of drug-likeness (QED) is 0.277. The molecule has 2 aromatic rings. The van der Waals surface area contributed by atoms with Crippen LogP contribution in [0.2, 0.25) is 0 Å². The van der Waals surface area contributed by atoms with Gasteiger partial charge in [0, 0.05) is 19.5 Å². The summed E-state index contributed by atoms with van der Waals surface area (Å²) in [6.45, 7) is 23.5. The molecular weight excluding hydrogens is 484 g/mol. The zero-order valence-corrected chi connectivity index (χ0v) is 25.9. The van der Waals surface area contributed by atoms with Crippen LogP contribution < -0.4 is 14.5 Å². The van der Waals surface area contributed by atoms with Gasteiger partial charge in [0.25, 0.3) is 0 Å². The van der Waals surface area contributed by atoms with Crippen LogP contribution in [-0.2, 0) is 26.3 Å². The summed E-state index contributed by atoms with van der Waals surface area (Å²) in [6, 6.07) is 0.693. The van der Waals surface area contributed by atoms with Gasteiger partial charge in [0.2, 0.25) is 12.7 Å². The summed E-state index contributed by atoms with van der Waals surface area (Å²) in [7, 11) is 0. The first-order valence-electron chi connectivity index (χ1n) is 16.0. The molecule has 220 valence electrons. The zero-order valence-electron chi connectivity index (χ0n) is 25.9. The number of unbranched alkanes of at least 4 members (excludes halogenated alkanes) is 1. The van der Waals surface area contributed by atoms with E-state index in [2.05, 4.69) is 110 Å². The first-order valence-corrected chi connectivity index (χ1v) is 16.0. The van der Waals surface area contributed by atoms with E-state index in [4.69, 9.17) is 0 Å². The van der Waals surface area contributed by atoms with Gasteiger partial charge in [-0.25, -0.2) is 27.7 Å². The van der Waals surface area contributed by atoms with Crippen LogP contribution in [0.4, 0.5) is 0 Å². The molecule has 1 N–H and O–H groups in total. The smallest absolute Gasteiger partial charge is 0.244 e. The van der Waals surface area contributed by atoms with Gasteiger partial charge in [-0.15, -0.1) is 0 Å². The molecule has 0 spiro atoms. The molecule has 0 aromatic carbocycles. The molecule has 3 heterocycles. The molecule has 8 heteroatoms. The molecule has 1 fully saturated rings. The van der Waals surface area contributed by atoms with Crippen LogP contribution in [0.25, 0.3) is 0 Å². The van der Waals surface area contributed by atoms with Gasteiger partial charge in [-0.3, -0.25) is 10.2 Å². The van der Waals surface area contributed by atoms with Gasteiger partial charge in [0.05, 0.1) is 32.2 Å². The first kappa shape index (κ1) is 31.5. The molecule has 1 aliphatic carbocycles. The van der Waals surface area contributed by atoms with Gasteiger partial charge in [0.15, 0.2) is 18.9 Å². The molecule has 1 atom stereocenters. The minimum absolute atomic E-state index is 0.693. The summed E-state index contributed by atoms with van der Waals surface area (Å²) in [5.74, 6) is 0. The number of fused-ring (bicyclic) bond motifs is 1. The van der Waals surface area contributed by atoms with Gasteiger partial charge in [-0.05, 0) is 45.2 Å². The van der Waals surface area contributed by atoms with Crippen molar-refractivity contribution in [3.63, 3.8) is 0 Å². The van der Waals surface area contributed by atoms with E-state index in [9.17, 15) is 0 Å². The third-order valence-electron chi connectivity index (χ3n) is 8.34. The fraction of sp³-hybridized carbons (Fsp3) is 0.774. The van der Waals surface area contributed by atoms with Crippen LogP contribution in [0.5, 0.6) is 0 Å². The van der Waals surface area contributed by atoms with Crippen molar-refractivity contribution in [2.24, 2.45) is 0 Å². The summed E-state index contributed by atoms with van der Waals surface area (Å²) in [5, 5.41) is 3.66. The molecule has 0 radical (unpaired) electrons.